The molecule has 18 heavy (non-hydrogen) atoms. The number of hydrogen-bond donors (Lipinski definition) is 1. The van der Waals surface area contributed by atoms with Crippen LogP contribution in [-0.4, -0.2) is 0 Å². The molecular weight excluding hydrogens is 353 g/mol. The molecule has 0 saturated heterocycles. The molecule has 1 heterocycles. The molecule has 0 fully saturated rings. The maximum atomic E-state index is 6.18. The molecule has 1 N–H and O–H groups in total. The quantitative estimate of drug-likeness (QED) is 0.656. The monoisotopic (exact) mass is 363 g/mol. The van der Waals surface area contributed by atoms with Crippen molar-refractivity contribution in [3.63, 3.8) is 0 Å². The molecule has 1 aromatic heterocycles. The van der Waals surface area contributed by atoms with Gasteiger partial charge in [0.05, 0.1) is 15.7 Å². The number of thiophene rings is 1. The van der Waals surface area contributed by atoms with Crippen molar-refractivity contribution in [1.82, 2.24) is 0 Å². The third kappa shape index (κ3) is 3.21. The molecule has 0 aliphatic heterocycles. The van der Waals surface area contributed by atoms with E-state index in [0.717, 1.165) is 23.1 Å². The molecule has 0 aliphatic rings. The minimum absolute atomic E-state index is 0.544. The van der Waals surface area contributed by atoms with Crippen LogP contribution in [0.1, 0.15) is 16.7 Å². The fourth-order valence-corrected chi connectivity index (χ4v) is 3.29. The predicted molar refractivity (Wildman–Crippen MR) is 85.2 cm³/mol. The van der Waals surface area contributed by atoms with E-state index in [9.17, 15) is 0 Å². The van der Waals surface area contributed by atoms with Gasteiger partial charge in [0.25, 0.3) is 0 Å². The van der Waals surface area contributed by atoms with E-state index in [2.05, 4.69) is 40.3 Å². The number of anilines is 1. The van der Waals surface area contributed by atoms with Crippen molar-refractivity contribution in [1.29, 1.82) is 0 Å². The van der Waals surface area contributed by atoms with Gasteiger partial charge in [-0.3, -0.25) is 0 Å². The van der Waals surface area contributed by atoms with E-state index >= 15 is 0 Å². The highest BCUT2D eigenvalue weighted by Gasteiger charge is 2.08. The molecule has 2 rings (SSSR count). The number of aryl methyl sites for hydroxylation is 1. The van der Waals surface area contributed by atoms with Crippen LogP contribution in [0.25, 0.3) is 0 Å². The van der Waals surface area contributed by atoms with Gasteiger partial charge in [0.1, 0.15) is 0 Å². The van der Waals surface area contributed by atoms with Crippen molar-refractivity contribution in [2.75, 3.05) is 5.32 Å². The molecule has 1 aromatic carbocycles. The summed E-state index contributed by atoms with van der Waals surface area (Å²) in [6.07, 6.45) is 1.08. The van der Waals surface area contributed by atoms with Gasteiger partial charge in [0, 0.05) is 20.8 Å². The van der Waals surface area contributed by atoms with Crippen LogP contribution in [0.4, 0.5) is 5.69 Å². The summed E-state index contributed by atoms with van der Waals surface area (Å²) < 4.78 is 0.809. The lowest BCUT2D eigenvalue weighted by Gasteiger charge is -2.09. The largest absolute Gasteiger partial charge is 0.379 e. The van der Waals surface area contributed by atoms with Crippen molar-refractivity contribution in [3.05, 3.63) is 48.5 Å². The fraction of sp³-hybridized carbons (Fsp3) is 0.231. The Labute approximate surface area is 129 Å². The Morgan fingerprint density at radius 2 is 1.83 bits per heavy atom. The minimum Gasteiger partial charge on any atom is -0.379 e. The lowest BCUT2D eigenvalue weighted by molar-refractivity contribution is 1.19. The van der Waals surface area contributed by atoms with Crippen molar-refractivity contribution < 1.29 is 0 Å². The van der Waals surface area contributed by atoms with Gasteiger partial charge in [-0.2, -0.15) is 0 Å². The molecule has 5 heteroatoms. The Bertz CT molecular complexity index is 554. The van der Waals surface area contributed by atoms with Crippen LogP contribution in [0.3, 0.4) is 0 Å². The van der Waals surface area contributed by atoms with Crippen LogP contribution in [0.2, 0.25) is 10.0 Å². The molecule has 0 radical (unpaired) electrons. The Kier molecular flexibility index (Phi) is 4.96. The number of benzene rings is 1. The van der Waals surface area contributed by atoms with Crippen molar-refractivity contribution in [2.45, 2.75) is 19.9 Å². The Morgan fingerprint density at radius 3 is 2.50 bits per heavy atom. The first-order chi connectivity index (χ1) is 8.61. The molecule has 0 spiro atoms. The zero-order valence-electron chi connectivity index (χ0n) is 9.77. The molecule has 0 atom stereocenters. The average Bonchev–Trinajstić information content (AvgIpc) is 2.83. The lowest BCUT2D eigenvalue weighted by atomic mass is 10.3. The van der Waals surface area contributed by atoms with Gasteiger partial charge in [0.2, 0.25) is 0 Å². The number of rotatable bonds is 4. The van der Waals surface area contributed by atoms with E-state index in [1.807, 2.05) is 23.5 Å². The predicted octanol–water partition coefficient (Wildman–Crippen LogP) is 5.99. The normalized spacial score (nSPS) is 10.7. The number of nitrogens with one attached hydrogen (secondary N) is 1. The Hall–Kier alpha value is -0.220. The first kappa shape index (κ1) is 14.2. The zero-order valence-corrected chi connectivity index (χ0v) is 13.7. The molecule has 0 amide bonds. The van der Waals surface area contributed by atoms with Gasteiger partial charge < -0.3 is 5.32 Å². The van der Waals surface area contributed by atoms with Gasteiger partial charge in [0.15, 0.2) is 0 Å². The highest BCUT2D eigenvalue weighted by atomic mass is 79.9. The molecule has 0 saturated carbocycles. The third-order valence-electron chi connectivity index (χ3n) is 2.55. The van der Waals surface area contributed by atoms with Crippen LogP contribution in [0.5, 0.6) is 0 Å². The van der Waals surface area contributed by atoms with Gasteiger partial charge >= 0.3 is 0 Å². The van der Waals surface area contributed by atoms with E-state index in [1.165, 1.54) is 9.75 Å². The van der Waals surface area contributed by atoms with E-state index in [4.69, 9.17) is 23.2 Å². The maximum absolute atomic E-state index is 6.18. The zero-order chi connectivity index (χ0) is 13.1. The van der Waals surface area contributed by atoms with Crippen molar-refractivity contribution in [3.8, 4) is 0 Å². The highest BCUT2D eigenvalue weighted by molar-refractivity contribution is 9.10. The van der Waals surface area contributed by atoms with Gasteiger partial charge in [-0.1, -0.05) is 30.1 Å². The van der Waals surface area contributed by atoms with Crippen LogP contribution < -0.4 is 5.32 Å². The van der Waals surface area contributed by atoms with Gasteiger partial charge in [-0.15, -0.1) is 11.3 Å². The average molecular weight is 365 g/mol. The number of halogens is 3. The van der Waals surface area contributed by atoms with Gasteiger partial charge in [-0.05, 0) is 46.6 Å². The molecular formula is C13H12BrCl2NS. The summed E-state index contributed by atoms with van der Waals surface area (Å²) >= 11 is 17.4. The molecule has 96 valence electrons. The minimum atomic E-state index is 0.544. The Morgan fingerprint density at radius 1 is 1.11 bits per heavy atom. The maximum Gasteiger partial charge on any atom is 0.0835 e. The summed E-state index contributed by atoms with van der Waals surface area (Å²) in [5.74, 6) is 0. The topological polar surface area (TPSA) is 12.0 Å². The van der Waals surface area contributed by atoms with E-state index in [-0.39, 0.29) is 0 Å². The summed E-state index contributed by atoms with van der Waals surface area (Å²) in [6.45, 7) is 2.93. The molecule has 2 aromatic rings. The van der Waals surface area contributed by atoms with Crippen LogP contribution in [-0.2, 0) is 13.0 Å². The van der Waals surface area contributed by atoms with Crippen LogP contribution >= 0.6 is 50.5 Å². The first-order valence-electron chi connectivity index (χ1n) is 5.56. The third-order valence-corrected chi connectivity index (χ3v) is 5.55. The van der Waals surface area contributed by atoms with Gasteiger partial charge in [-0.25, -0.2) is 0 Å². The summed E-state index contributed by atoms with van der Waals surface area (Å²) in [4.78, 5) is 2.69. The van der Waals surface area contributed by atoms with E-state index in [0.29, 0.717) is 10.0 Å². The fourth-order valence-electron chi connectivity index (χ4n) is 1.55. The Balaban J connectivity index is 2.08. The summed E-state index contributed by atoms with van der Waals surface area (Å²) in [6, 6.07) is 8.12. The summed E-state index contributed by atoms with van der Waals surface area (Å²) in [7, 11) is 0. The number of hydrogen-bond acceptors (Lipinski definition) is 2. The van der Waals surface area contributed by atoms with Crippen LogP contribution in [0.15, 0.2) is 28.7 Å². The van der Waals surface area contributed by atoms with Crippen molar-refractivity contribution >= 4 is 56.2 Å². The second kappa shape index (κ2) is 6.29. The SMILES string of the molecule is CCc1ccc(CNc2ccc(Br)c(Cl)c2Cl)s1. The second-order valence-corrected chi connectivity index (χ2v) is 6.66. The lowest BCUT2D eigenvalue weighted by Crippen LogP contribution is -1.98. The summed E-state index contributed by atoms with van der Waals surface area (Å²) in [5.41, 5.74) is 0.858. The summed E-state index contributed by atoms with van der Waals surface area (Å²) in [5, 5.41) is 4.41. The smallest absolute Gasteiger partial charge is 0.0835 e. The molecule has 0 aliphatic carbocycles. The first-order valence-corrected chi connectivity index (χ1v) is 7.93. The van der Waals surface area contributed by atoms with E-state index < -0.39 is 0 Å². The molecule has 0 bridgehead atoms. The van der Waals surface area contributed by atoms with Crippen LogP contribution in [0, 0.1) is 0 Å². The second-order valence-electron chi connectivity index (χ2n) is 3.80. The molecule has 0 unspecified atom stereocenters. The standard InChI is InChI=1S/C13H12BrCl2NS/c1-2-8-3-4-9(18-8)7-17-11-6-5-10(14)12(15)13(11)16/h3-6,17H,2,7H2,1H3. The highest BCUT2D eigenvalue weighted by Crippen LogP contribution is 2.36. The van der Waals surface area contributed by atoms with E-state index in [1.54, 1.807) is 0 Å². The molecule has 1 nitrogen and oxygen atoms in total. The van der Waals surface area contributed by atoms with Crippen molar-refractivity contribution in [2.24, 2.45) is 0 Å².